The van der Waals surface area contributed by atoms with E-state index in [1.54, 1.807) is 0 Å². The van der Waals surface area contributed by atoms with Crippen molar-refractivity contribution in [3.8, 4) is 0 Å². The highest BCUT2D eigenvalue weighted by atomic mass is 79.9. The van der Waals surface area contributed by atoms with Crippen LogP contribution in [-0.2, 0) is 0 Å². The predicted molar refractivity (Wildman–Crippen MR) is 43.9 cm³/mol. The minimum Gasteiger partial charge on any atom is -0.478 e. The van der Waals surface area contributed by atoms with Crippen LogP contribution < -0.4 is 0 Å². The first-order chi connectivity index (χ1) is 6.02. The van der Waals surface area contributed by atoms with Gasteiger partial charge in [-0.25, -0.2) is 13.6 Å². The first-order valence-corrected chi connectivity index (χ1v) is 3.98. The molecule has 0 unspecified atom stereocenters. The standard InChI is InChI=1S/C7H4BrF2NO2/c8-4-1-3(7(12)13)2-11-5(4)6(9)10/h1-2,6H,(H,12,13). The minimum absolute atomic E-state index is 0.00222. The van der Waals surface area contributed by atoms with E-state index >= 15 is 0 Å². The summed E-state index contributed by atoms with van der Waals surface area (Å²) >= 11 is 2.81. The van der Waals surface area contributed by atoms with Gasteiger partial charge in [0, 0.05) is 10.7 Å². The van der Waals surface area contributed by atoms with E-state index in [0.29, 0.717) is 0 Å². The lowest BCUT2D eigenvalue weighted by Crippen LogP contribution is -2.00. The lowest BCUT2D eigenvalue weighted by molar-refractivity contribution is 0.0695. The van der Waals surface area contributed by atoms with Gasteiger partial charge in [-0.3, -0.25) is 4.98 Å². The van der Waals surface area contributed by atoms with Crippen LogP contribution in [0.15, 0.2) is 16.7 Å². The Morgan fingerprint density at radius 3 is 2.62 bits per heavy atom. The number of carboxylic acid groups (broad SMARTS) is 1. The van der Waals surface area contributed by atoms with Crippen LogP contribution in [0, 0.1) is 0 Å². The van der Waals surface area contributed by atoms with Crippen molar-refractivity contribution in [2.75, 3.05) is 0 Å². The quantitative estimate of drug-likeness (QED) is 0.879. The Kier molecular flexibility index (Phi) is 2.92. The fourth-order valence-corrected chi connectivity index (χ4v) is 1.25. The van der Waals surface area contributed by atoms with Gasteiger partial charge in [0.15, 0.2) is 0 Å². The summed E-state index contributed by atoms with van der Waals surface area (Å²) in [5.74, 6) is -1.20. The maximum absolute atomic E-state index is 12.1. The summed E-state index contributed by atoms with van der Waals surface area (Å²) < 4.78 is 24.2. The first-order valence-electron chi connectivity index (χ1n) is 3.19. The van der Waals surface area contributed by atoms with E-state index in [1.165, 1.54) is 0 Å². The predicted octanol–water partition coefficient (Wildman–Crippen LogP) is 2.48. The molecule has 6 heteroatoms. The Hall–Kier alpha value is -1.04. The Labute approximate surface area is 80.5 Å². The van der Waals surface area contributed by atoms with E-state index in [-0.39, 0.29) is 10.0 Å². The third-order valence-electron chi connectivity index (χ3n) is 1.32. The van der Waals surface area contributed by atoms with Crippen molar-refractivity contribution in [1.82, 2.24) is 4.98 Å². The maximum atomic E-state index is 12.1. The molecule has 0 amide bonds. The molecule has 0 aliphatic carbocycles. The van der Waals surface area contributed by atoms with Crippen LogP contribution in [0.5, 0.6) is 0 Å². The highest BCUT2D eigenvalue weighted by Crippen LogP contribution is 2.25. The molecule has 0 saturated carbocycles. The molecule has 1 rings (SSSR count). The smallest absolute Gasteiger partial charge is 0.337 e. The Bertz CT molecular complexity index is 343. The maximum Gasteiger partial charge on any atom is 0.337 e. The fourth-order valence-electron chi connectivity index (χ4n) is 0.726. The van der Waals surface area contributed by atoms with E-state index in [0.717, 1.165) is 12.3 Å². The molecule has 0 fully saturated rings. The van der Waals surface area contributed by atoms with Crippen LogP contribution in [-0.4, -0.2) is 16.1 Å². The molecule has 1 N–H and O–H groups in total. The molecule has 0 atom stereocenters. The number of hydrogen-bond donors (Lipinski definition) is 1. The number of aromatic carboxylic acids is 1. The SMILES string of the molecule is O=C(O)c1cnc(C(F)F)c(Br)c1. The lowest BCUT2D eigenvalue weighted by atomic mass is 10.2. The number of alkyl halides is 2. The topological polar surface area (TPSA) is 50.2 Å². The van der Waals surface area contributed by atoms with Gasteiger partial charge in [0.05, 0.1) is 5.56 Å². The molecule has 0 aliphatic heterocycles. The van der Waals surface area contributed by atoms with Crippen LogP contribution in [0.2, 0.25) is 0 Å². The number of nitrogens with zero attached hydrogens (tertiary/aromatic N) is 1. The number of hydrogen-bond acceptors (Lipinski definition) is 2. The third-order valence-corrected chi connectivity index (χ3v) is 1.96. The van der Waals surface area contributed by atoms with Crippen molar-refractivity contribution in [2.24, 2.45) is 0 Å². The van der Waals surface area contributed by atoms with Gasteiger partial charge in [-0.1, -0.05) is 0 Å². The number of pyridine rings is 1. The Balaban J connectivity index is 3.13. The van der Waals surface area contributed by atoms with E-state index in [2.05, 4.69) is 20.9 Å². The van der Waals surface area contributed by atoms with Crippen LogP contribution in [0.3, 0.4) is 0 Å². The minimum atomic E-state index is -2.71. The first kappa shape index (κ1) is 10.0. The monoisotopic (exact) mass is 251 g/mol. The van der Waals surface area contributed by atoms with Crippen molar-refractivity contribution in [2.45, 2.75) is 6.43 Å². The second-order valence-electron chi connectivity index (χ2n) is 2.20. The fraction of sp³-hybridized carbons (Fsp3) is 0.143. The molecule has 1 heterocycles. The Morgan fingerprint density at radius 2 is 2.23 bits per heavy atom. The molecular weight excluding hydrogens is 248 g/mol. The average molecular weight is 252 g/mol. The van der Waals surface area contributed by atoms with E-state index in [9.17, 15) is 13.6 Å². The molecule has 0 radical (unpaired) electrons. The number of aromatic nitrogens is 1. The summed E-state index contributed by atoms with van der Waals surface area (Å²) in [6, 6.07) is 1.09. The molecule has 1 aromatic rings. The highest BCUT2D eigenvalue weighted by Gasteiger charge is 2.15. The summed E-state index contributed by atoms with van der Waals surface area (Å²) in [6.45, 7) is 0. The van der Waals surface area contributed by atoms with E-state index < -0.39 is 18.1 Å². The van der Waals surface area contributed by atoms with Gasteiger partial charge in [0.1, 0.15) is 5.69 Å². The van der Waals surface area contributed by atoms with Crippen molar-refractivity contribution >= 4 is 21.9 Å². The number of rotatable bonds is 2. The molecule has 0 saturated heterocycles. The van der Waals surface area contributed by atoms with Crippen molar-refractivity contribution in [3.05, 3.63) is 28.0 Å². The highest BCUT2D eigenvalue weighted by molar-refractivity contribution is 9.10. The molecule has 70 valence electrons. The molecule has 0 bridgehead atoms. The summed E-state index contributed by atoms with van der Waals surface area (Å²) in [7, 11) is 0. The second-order valence-corrected chi connectivity index (χ2v) is 3.05. The Morgan fingerprint density at radius 1 is 1.62 bits per heavy atom. The molecule has 0 aliphatic rings. The lowest BCUT2D eigenvalue weighted by Gasteiger charge is -2.02. The summed E-state index contributed by atoms with van der Waals surface area (Å²) in [5, 5.41) is 8.49. The summed E-state index contributed by atoms with van der Waals surface area (Å²) in [4.78, 5) is 13.7. The average Bonchev–Trinajstić information content (AvgIpc) is 2.03. The van der Waals surface area contributed by atoms with E-state index in [4.69, 9.17) is 5.11 Å². The van der Waals surface area contributed by atoms with Gasteiger partial charge >= 0.3 is 5.97 Å². The van der Waals surface area contributed by atoms with Crippen LogP contribution >= 0.6 is 15.9 Å². The largest absolute Gasteiger partial charge is 0.478 e. The molecular formula is C7H4BrF2NO2. The van der Waals surface area contributed by atoms with Gasteiger partial charge in [-0.2, -0.15) is 0 Å². The van der Waals surface area contributed by atoms with Crippen LogP contribution in [0.25, 0.3) is 0 Å². The number of carbonyl (C=O) groups is 1. The van der Waals surface area contributed by atoms with Crippen LogP contribution in [0.4, 0.5) is 8.78 Å². The molecule has 0 spiro atoms. The second kappa shape index (κ2) is 3.78. The van der Waals surface area contributed by atoms with Crippen LogP contribution in [0.1, 0.15) is 22.5 Å². The number of carboxylic acids is 1. The van der Waals surface area contributed by atoms with E-state index in [1.807, 2.05) is 0 Å². The normalized spacial score (nSPS) is 10.5. The zero-order valence-electron chi connectivity index (χ0n) is 6.17. The van der Waals surface area contributed by atoms with Crippen molar-refractivity contribution in [1.29, 1.82) is 0 Å². The van der Waals surface area contributed by atoms with Gasteiger partial charge in [-0.15, -0.1) is 0 Å². The summed E-state index contributed by atoms with van der Waals surface area (Å²) in [6.07, 6.45) is -1.81. The van der Waals surface area contributed by atoms with Crippen molar-refractivity contribution in [3.63, 3.8) is 0 Å². The van der Waals surface area contributed by atoms with Gasteiger partial charge in [0.2, 0.25) is 0 Å². The van der Waals surface area contributed by atoms with Gasteiger partial charge in [-0.05, 0) is 22.0 Å². The molecule has 3 nitrogen and oxygen atoms in total. The molecule has 0 aromatic carbocycles. The van der Waals surface area contributed by atoms with Gasteiger partial charge < -0.3 is 5.11 Å². The zero-order chi connectivity index (χ0) is 10.0. The third kappa shape index (κ3) is 2.21. The zero-order valence-corrected chi connectivity index (χ0v) is 7.75. The number of halogens is 3. The molecule has 1 aromatic heterocycles. The summed E-state index contributed by atoms with van der Waals surface area (Å²) in [5.41, 5.74) is -0.582. The van der Waals surface area contributed by atoms with Gasteiger partial charge in [0.25, 0.3) is 6.43 Å². The van der Waals surface area contributed by atoms with Crippen molar-refractivity contribution < 1.29 is 18.7 Å². The molecule has 13 heavy (non-hydrogen) atoms.